The number of ether oxygens (including phenoxy) is 1. The Labute approximate surface area is 169 Å². The molecule has 1 aliphatic rings. The molecule has 2 N–H and O–H groups in total. The van der Waals surface area contributed by atoms with Crippen molar-refractivity contribution in [2.75, 3.05) is 6.61 Å². The second kappa shape index (κ2) is 8.69. The maximum Gasteiger partial charge on any atom is 0.238 e. The van der Waals surface area contributed by atoms with Crippen molar-refractivity contribution in [2.24, 2.45) is 0 Å². The fourth-order valence-electron chi connectivity index (χ4n) is 3.64. The highest BCUT2D eigenvalue weighted by atomic mass is 32.2. The number of nitrogens with one attached hydrogen (secondary N) is 2. The van der Waals surface area contributed by atoms with E-state index in [4.69, 9.17) is 4.74 Å². The first-order valence-electron chi connectivity index (χ1n) is 9.87. The van der Waals surface area contributed by atoms with Crippen LogP contribution in [0, 0.1) is 0 Å². The minimum Gasteiger partial charge on any atom is -0.494 e. The molecule has 1 heterocycles. The van der Waals surface area contributed by atoms with Gasteiger partial charge in [-0.25, -0.2) is 4.98 Å². The van der Waals surface area contributed by atoms with E-state index in [-0.39, 0.29) is 11.2 Å². The highest BCUT2D eigenvalue weighted by Crippen LogP contribution is 2.36. The number of hydrogen-bond donors (Lipinski definition) is 2. The molecule has 28 heavy (non-hydrogen) atoms. The third kappa shape index (κ3) is 4.33. The number of carbonyl (C=O) groups is 1. The van der Waals surface area contributed by atoms with Crippen LogP contribution >= 0.6 is 11.8 Å². The zero-order chi connectivity index (χ0) is 19.3. The number of benzene rings is 2. The molecule has 2 aromatic carbocycles. The molecule has 1 fully saturated rings. The SMILES string of the molecule is CCOc1ccc2nc(S[C@@H](C(=O)NC3CCCC3)c3ccccc3)[nH]c2c1. The van der Waals surface area contributed by atoms with Crippen LogP contribution in [-0.4, -0.2) is 28.5 Å². The molecule has 6 heteroatoms. The second-order valence-electron chi connectivity index (χ2n) is 7.05. The Morgan fingerprint density at radius 3 is 2.79 bits per heavy atom. The molecule has 0 radical (unpaired) electrons. The lowest BCUT2D eigenvalue weighted by Gasteiger charge is -2.19. The van der Waals surface area contributed by atoms with Gasteiger partial charge in [-0.05, 0) is 37.5 Å². The van der Waals surface area contributed by atoms with Gasteiger partial charge in [0.05, 0.1) is 17.6 Å². The molecule has 1 aliphatic carbocycles. The van der Waals surface area contributed by atoms with Crippen LogP contribution in [0.2, 0.25) is 0 Å². The first kappa shape index (κ1) is 18.9. The van der Waals surface area contributed by atoms with Gasteiger partial charge in [0.25, 0.3) is 0 Å². The minimum absolute atomic E-state index is 0.0542. The van der Waals surface area contributed by atoms with Crippen molar-refractivity contribution in [3.8, 4) is 5.75 Å². The number of hydrogen-bond acceptors (Lipinski definition) is 4. The van der Waals surface area contributed by atoms with Crippen LogP contribution < -0.4 is 10.1 Å². The van der Waals surface area contributed by atoms with E-state index in [9.17, 15) is 4.79 Å². The molecule has 146 valence electrons. The van der Waals surface area contributed by atoms with Gasteiger partial charge in [-0.1, -0.05) is 54.9 Å². The van der Waals surface area contributed by atoms with Gasteiger partial charge in [0.2, 0.25) is 5.91 Å². The number of carbonyl (C=O) groups excluding carboxylic acids is 1. The Bertz CT molecular complexity index is 935. The quantitative estimate of drug-likeness (QED) is 0.561. The minimum atomic E-state index is -0.339. The zero-order valence-electron chi connectivity index (χ0n) is 16.0. The zero-order valence-corrected chi connectivity index (χ0v) is 16.8. The molecular formula is C22H25N3O2S. The maximum absolute atomic E-state index is 13.1. The Morgan fingerprint density at radius 1 is 1.25 bits per heavy atom. The van der Waals surface area contributed by atoms with Gasteiger partial charge in [-0.2, -0.15) is 0 Å². The lowest BCUT2D eigenvalue weighted by molar-refractivity contribution is -0.121. The standard InChI is InChI=1S/C22H25N3O2S/c1-2-27-17-12-13-18-19(14-17)25-22(24-18)28-20(15-8-4-3-5-9-15)21(26)23-16-10-6-7-11-16/h3-5,8-9,12-14,16,20H,2,6-7,10-11H2,1H3,(H,23,26)(H,24,25)/t20-/m1/s1. The van der Waals surface area contributed by atoms with E-state index in [1.54, 1.807) is 0 Å². The van der Waals surface area contributed by atoms with Crippen molar-refractivity contribution in [1.29, 1.82) is 0 Å². The van der Waals surface area contributed by atoms with E-state index in [1.165, 1.54) is 24.6 Å². The fraction of sp³-hybridized carbons (Fsp3) is 0.364. The number of H-pyrrole nitrogens is 1. The molecule has 1 aromatic heterocycles. The number of aromatic amines is 1. The smallest absolute Gasteiger partial charge is 0.238 e. The third-order valence-corrected chi connectivity index (χ3v) is 6.15. The molecule has 0 saturated heterocycles. The molecule has 0 spiro atoms. The van der Waals surface area contributed by atoms with Crippen molar-refractivity contribution in [1.82, 2.24) is 15.3 Å². The van der Waals surface area contributed by atoms with Crippen molar-refractivity contribution in [3.63, 3.8) is 0 Å². The molecule has 1 amide bonds. The summed E-state index contributed by atoms with van der Waals surface area (Å²) in [4.78, 5) is 21.1. The van der Waals surface area contributed by atoms with E-state index in [0.717, 1.165) is 40.3 Å². The number of amides is 1. The van der Waals surface area contributed by atoms with Gasteiger partial charge in [-0.15, -0.1) is 0 Å². The summed E-state index contributed by atoms with van der Waals surface area (Å²) in [6, 6.07) is 16.0. The van der Waals surface area contributed by atoms with Crippen LogP contribution in [0.4, 0.5) is 0 Å². The topological polar surface area (TPSA) is 67.0 Å². The summed E-state index contributed by atoms with van der Waals surface area (Å²) in [7, 11) is 0. The number of aromatic nitrogens is 2. The van der Waals surface area contributed by atoms with Gasteiger partial charge >= 0.3 is 0 Å². The highest BCUT2D eigenvalue weighted by molar-refractivity contribution is 8.00. The van der Waals surface area contributed by atoms with E-state index < -0.39 is 0 Å². The van der Waals surface area contributed by atoms with E-state index in [0.29, 0.717) is 12.6 Å². The molecule has 5 nitrogen and oxygen atoms in total. The Balaban J connectivity index is 1.57. The molecule has 4 rings (SSSR count). The summed E-state index contributed by atoms with van der Waals surface area (Å²) >= 11 is 1.46. The highest BCUT2D eigenvalue weighted by Gasteiger charge is 2.26. The summed E-state index contributed by atoms with van der Waals surface area (Å²) < 4.78 is 5.57. The predicted molar refractivity (Wildman–Crippen MR) is 113 cm³/mol. The number of imidazole rings is 1. The van der Waals surface area contributed by atoms with Gasteiger partial charge in [0.15, 0.2) is 5.16 Å². The molecule has 0 unspecified atom stereocenters. The molecule has 3 aromatic rings. The van der Waals surface area contributed by atoms with Gasteiger partial charge in [0.1, 0.15) is 11.0 Å². The van der Waals surface area contributed by atoms with Crippen molar-refractivity contribution in [2.45, 2.75) is 49.1 Å². The summed E-state index contributed by atoms with van der Waals surface area (Å²) in [6.45, 7) is 2.59. The van der Waals surface area contributed by atoms with Crippen LogP contribution in [0.1, 0.15) is 43.4 Å². The molecule has 0 bridgehead atoms. The van der Waals surface area contributed by atoms with Crippen LogP contribution in [0.15, 0.2) is 53.7 Å². The number of nitrogens with zero attached hydrogens (tertiary/aromatic N) is 1. The van der Waals surface area contributed by atoms with E-state index in [2.05, 4.69) is 15.3 Å². The number of fused-ring (bicyclic) bond motifs is 1. The monoisotopic (exact) mass is 395 g/mol. The second-order valence-corrected chi connectivity index (χ2v) is 8.15. The number of rotatable bonds is 7. The van der Waals surface area contributed by atoms with Crippen LogP contribution in [0.5, 0.6) is 5.75 Å². The predicted octanol–water partition coefficient (Wildman–Crippen LogP) is 4.85. The molecule has 1 saturated carbocycles. The first-order valence-corrected chi connectivity index (χ1v) is 10.8. The summed E-state index contributed by atoms with van der Waals surface area (Å²) in [6.07, 6.45) is 4.53. The maximum atomic E-state index is 13.1. The fourth-order valence-corrected chi connectivity index (χ4v) is 4.65. The normalized spacial score (nSPS) is 15.6. The van der Waals surface area contributed by atoms with Crippen LogP contribution in [0.25, 0.3) is 11.0 Å². The van der Waals surface area contributed by atoms with Gasteiger partial charge in [0, 0.05) is 12.1 Å². The van der Waals surface area contributed by atoms with E-state index >= 15 is 0 Å². The molecular weight excluding hydrogens is 370 g/mol. The van der Waals surface area contributed by atoms with Crippen LogP contribution in [-0.2, 0) is 4.79 Å². The lowest BCUT2D eigenvalue weighted by Crippen LogP contribution is -2.35. The lowest BCUT2D eigenvalue weighted by atomic mass is 10.1. The third-order valence-electron chi connectivity index (χ3n) is 5.01. The molecule has 1 atom stereocenters. The summed E-state index contributed by atoms with van der Waals surface area (Å²) in [5.41, 5.74) is 2.77. The Kier molecular flexibility index (Phi) is 5.86. The average molecular weight is 396 g/mol. The number of thioether (sulfide) groups is 1. The van der Waals surface area contributed by atoms with Gasteiger partial charge in [-0.3, -0.25) is 4.79 Å². The summed E-state index contributed by atoms with van der Waals surface area (Å²) in [5, 5.41) is 3.63. The van der Waals surface area contributed by atoms with E-state index in [1.807, 2.05) is 55.5 Å². The van der Waals surface area contributed by atoms with Crippen molar-refractivity contribution in [3.05, 3.63) is 54.1 Å². The Morgan fingerprint density at radius 2 is 2.04 bits per heavy atom. The van der Waals surface area contributed by atoms with Crippen molar-refractivity contribution < 1.29 is 9.53 Å². The summed E-state index contributed by atoms with van der Waals surface area (Å²) in [5.74, 6) is 0.868. The largest absolute Gasteiger partial charge is 0.494 e. The van der Waals surface area contributed by atoms with Crippen molar-refractivity contribution >= 4 is 28.7 Å². The van der Waals surface area contributed by atoms with Gasteiger partial charge < -0.3 is 15.0 Å². The first-order chi connectivity index (χ1) is 13.7. The average Bonchev–Trinajstić information content (AvgIpc) is 3.36. The molecule has 0 aliphatic heterocycles. The Hall–Kier alpha value is -2.47. The van der Waals surface area contributed by atoms with Crippen LogP contribution in [0.3, 0.4) is 0 Å².